The van der Waals surface area contributed by atoms with Crippen molar-refractivity contribution in [3.8, 4) is 0 Å². The minimum Gasteiger partial charge on any atom is -0.352 e. The van der Waals surface area contributed by atoms with Crippen LogP contribution < -0.4 is 9.62 Å². The van der Waals surface area contributed by atoms with E-state index in [9.17, 15) is 18.0 Å². The molecule has 3 aromatic rings. The van der Waals surface area contributed by atoms with Crippen molar-refractivity contribution >= 4 is 50.7 Å². The molecule has 41 heavy (non-hydrogen) atoms. The number of carbonyl (C=O) groups excluding carboxylic acids is 2. The summed E-state index contributed by atoms with van der Waals surface area (Å²) in [7, 11) is -4.19. The second-order valence-corrected chi connectivity index (χ2v) is 12.8. The van der Waals surface area contributed by atoms with E-state index in [2.05, 4.69) is 5.32 Å². The van der Waals surface area contributed by atoms with Crippen molar-refractivity contribution in [3.05, 3.63) is 93.5 Å². The Hall–Kier alpha value is -3.07. The van der Waals surface area contributed by atoms with E-state index in [4.69, 9.17) is 23.2 Å². The summed E-state index contributed by atoms with van der Waals surface area (Å²) >= 11 is 12.5. The van der Waals surface area contributed by atoms with Crippen LogP contribution in [0.15, 0.2) is 71.6 Å². The zero-order valence-electron chi connectivity index (χ0n) is 24.0. The molecule has 2 atom stereocenters. The van der Waals surface area contributed by atoms with Crippen LogP contribution in [0.1, 0.15) is 50.3 Å². The van der Waals surface area contributed by atoms with Gasteiger partial charge in [-0.05, 0) is 92.8 Å². The number of nitrogens with zero attached hydrogens (tertiary/aromatic N) is 2. The SMILES string of the molecule is CC[C@H](C)NC(=O)[C@H](CC)N(Cc1ccccc1Cl)C(=O)CN(c1ccc(C)c(C)c1)S(=O)(=O)c1ccc(Cl)cc1. The molecule has 0 aliphatic heterocycles. The molecular formula is C31H37Cl2N3O4S. The molecule has 0 saturated carbocycles. The first-order chi connectivity index (χ1) is 19.4. The zero-order valence-corrected chi connectivity index (χ0v) is 26.4. The number of rotatable bonds is 12. The Bertz CT molecular complexity index is 1480. The smallest absolute Gasteiger partial charge is 0.264 e. The normalized spacial score (nSPS) is 12.9. The van der Waals surface area contributed by atoms with E-state index in [1.54, 1.807) is 36.4 Å². The maximum absolute atomic E-state index is 14.2. The molecule has 0 aromatic heterocycles. The van der Waals surface area contributed by atoms with E-state index in [1.165, 1.54) is 29.2 Å². The number of amides is 2. The van der Waals surface area contributed by atoms with Gasteiger partial charge in [0.1, 0.15) is 12.6 Å². The van der Waals surface area contributed by atoms with Crippen molar-refractivity contribution in [1.29, 1.82) is 0 Å². The average molecular weight is 619 g/mol. The van der Waals surface area contributed by atoms with Crippen LogP contribution in [0.25, 0.3) is 0 Å². The Morgan fingerprint density at radius 3 is 2.15 bits per heavy atom. The molecule has 0 heterocycles. The minimum absolute atomic E-state index is 0.00728. The lowest BCUT2D eigenvalue weighted by molar-refractivity contribution is -0.140. The highest BCUT2D eigenvalue weighted by atomic mass is 35.5. The van der Waals surface area contributed by atoms with Gasteiger partial charge in [0.2, 0.25) is 11.8 Å². The lowest BCUT2D eigenvalue weighted by Crippen LogP contribution is -2.53. The predicted octanol–water partition coefficient (Wildman–Crippen LogP) is 6.53. The predicted molar refractivity (Wildman–Crippen MR) is 166 cm³/mol. The van der Waals surface area contributed by atoms with Crippen LogP contribution in [0.2, 0.25) is 10.0 Å². The van der Waals surface area contributed by atoms with Gasteiger partial charge in [-0.2, -0.15) is 0 Å². The van der Waals surface area contributed by atoms with Gasteiger partial charge in [-0.1, -0.05) is 61.3 Å². The Kier molecular flexibility index (Phi) is 11.2. The first-order valence-electron chi connectivity index (χ1n) is 13.6. The highest BCUT2D eigenvalue weighted by molar-refractivity contribution is 7.92. The molecule has 0 fully saturated rings. The summed E-state index contributed by atoms with van der Waals surface area (Å²) in [6.45, 7) is 8.99. The number of anilines is 1. The van der Waals surface area contributed by atoms with E-state index in [1.807, 2.05) is 40.7 Å². The summed E-state index contributed by atoms with van der Waals surface area (Å²) < 4.78 is 29.0. The van der Waals surface area contributed by atoms with E-state index in [-0.39, 0.29) is 23.4 Å². The molecule has 10 heteroatoms. The van der Waals surface area contributed by atoms with Crippen LogP contribution >= 0.6 is 23.2 Å². The molecular weight excluding hydrogens is 581 g/mol. The third kappa shape index (κ3) is 8.03. The van der Waals surface area contributed by atoms with Gasteiger partial charge in [-0.15, -0.1) is 0 Å². The molecule has 0 radical (unpaired) electrons. The second kappa shape index (κ2) is 14.2. The number of aryl methyl sites for hydroxylation is 2. The Morgan fingerprint density at radius 1 is 0.902 bits per heavy atom. The Labute approximate surface area is 253 Å². The summed E-state index contributed by atoms with van der Waals surface area (Å²) in [5, 5.41) is 3.80. The molecule has 0 saturated heterocycles. The molecule has 3 rings (SSSR count). The molecule has 220 valence electrons. The number of sulfonamides is 1. The first-order valence-corrected chi connectivity index (χ1v) is 15.8. The van der Waals surface area contributed by atoms with Crippen molar-refractivity contribution in [2.75, 3.05) is 10.8 Å². The third-order valence-electron chi connectivity index (χ3n) is 7.14. The Morgan fingerprint density at radius 2 is 1.56 bits per heavy atom. The van der Waals surface area contributed by atoms with Gasteiger partial charge < -0.3 is 10.2 Å². The average Bonchev–Trinajstić information content (AvgIpc) is 2.94. The van der Waals surface area contributed by atoms with Crippen LogP contribution in [0.3, 0.4) is 0 Å². The summed E-state index contributed by atoms with van der Waals surface area (Å²) in [5.41, 5.74) is 2.84. The van der Waals surface area contributed by atoms with Crippen molar-refractivity contribution in [3.63, 3.8) is 0 Å². The van der Waals surface area contributed by atoms with Gasteiger partial charge in [0, 0.05) is 22.6 Å². The summed E-state index contributed by atoms with van der Waals surface area (Å²) in [5.74, 6) is -0.840. The number of nitrogens with one attached hydrogen (secondary N) is 1. The minimum atomic E-state index is -4.19. The second-order valence-electron chi connectivity index (χ2n) is 10.1. The fraction of sp³-hybridized carbons (Fsp3) is 0.355. The molecule has 7 nitrogen and oxygen atoms in total. The largest absolute Gasteiger partial charge is 0.352 e. The lowest BCUT2D eigenvalue weighted by Gasteiger charge is -2.34. The van der Waals surface area contributed by atoms with Crippen molar-refractivity contribution in [1.82, 2.24) is 10.2 Å². The fourth-order valence-electron chi connectivity index (χ4n) is 4.31. The van der Waals surface area contributed by atoms with E-state index < -0.39 is 28.5 Å². The molecule has 2 amide bonds. The van der Waals surface area contributed by atoms with E-state index in [0.717, 1.165) is 21.9 Å². The van der Waals surface area contributed by atoms with Crippen molar-refractivity contribution < 1.29 is 18.0 Å². The van der Waals surface area contributed by atoms with E-state index >= 15 is 0 Å². The summed E-state index contributed by atoms with van der Waals surface area (Å²) in [6.07, 6.45) is 1.05. The number of hydrogen-bond donors (Lipinski definition) is 1. The maximum Gasteiger partial charge on any atom is 0.264 e. The quantitative estimate of drug-likeness (QED) is 0.250. The molecule has 0 aliphatic rings. The van der Waals surface area contributed by atoms with Crippen LogP contribution in [-0.4, -0.2) is 43.8 Å². The van der Waals surface area contributed by atoms with Gasteiger partial charge in [0.25, 0.3) is 10.0 Å². The highest BCUT2D eigenvalue weighted by Crippen LogP contribution is 2.28. The summed E-state index contributed by atoms with van der Waals surface area (Å²) in [6, 6.07) is 17.2. The lowest BCUT2D eigenvalue weighted by atomic mass is 10.1. The fourth-order valence-corrected chi connectivity index (χ4v) is 6.04. The highest BCUT2D eigenvalue weighted by Gasteiger charge is 2.34. The number of halogens is 2. The molecule has 1 N–H and O–H groups in total. The van der Waals surface area contributed by atoms with Crippen LogP contribution in [0.4, 0.5) is 5.69 Å². The van der Waals surface area contributed by atoms with Crippen LogP contribution in [0, 0.1) is 13.8 Å². The Balaban J connectivity index is 2.10. The molecule has 0 unspecified atom stereocenters. The number of carbonyl (C=O) groups is 2. The van der Waals surface area contributed by atoms with Gasteiger partial charge in [-0.3, -0.25) is 13.9 Å². The number of hydrogen-bond acceptors (Lipinski definition) is 4. The zero-order chi connectivity index (χ0) is 30.3. The molecule has 0 spiro atoms. The molecule has 3 aromatic carbocycles. The van der Waals surface area contributed by atoms with Crippen LogP contribution in [0.5, 0.6) is 0 Å². The molecule has 0 aliphatic carbocycles. The molecule has 0 bridgehead atoms. The van der Waals surface area contributed by atoms with Gasteiger partial charge in [0.05, 0.1) is 10.6 Å². The van der Waals surface area contributed by atoms with Gasteiger partial charge in [-0.25, -0.2) is 8.42 Å². The van der Waals surface area contributed by atoms with Gasteiger partial charge in [0.15, 0.2) is 0 Å². The van der Waals surface area contributed by atoms with Gasteiger partial charge >= 0.3 is 0 Å². The van der Waals surface area contributed by atoms with E-state index in [0.29, 0.717) is 27.7 Å². The number of benzene rings is 3. The monoisotopic (exact) mass is 617 g/mol. The third-order valence-corrected chi connectivity index (χ3v) is 9.55. The van der Waals surface area contributed by atoms with Crippen molar-refractivity contribution in [2.45, 2.75) is 71.0 Å². The van der Waals surface area contributed by atoms with Crippen molar-refractivity contribution in [2.24, 2.45) is 0 Å². The summed E-state index contributed by atoms with van der Waals surface area (Å²) in [4.78, 5) is 28.9. The standard InChI is InChI=1S/C31H37Cl2N3O4S/c1-6-23(5)34-31(38)29(7-2)35(19-24-10-8-9-11-28(24)33)30(37)20-36(26-15-12-21(3)22(4)18-26)41(39,40)27-16-13-25(32)14-17-27/h8-18,23,29H,6-7,19-20H2,1-5H3,(H,34,38)/t23-,29-/m0/s1. The first kappa shape index (κ1) is 32.4. The topological polar surface area (TPSA) is 86.8 Å². The maximum atomic E-state index is 14.2. The van der Waals surface area contributed by atoms with Crippen LogP contribution in [-0.2, 0) is 26.2 Å².